The topological polar surface area (TPSA) is 71.7 Å². The minimum atomic E-state index is -0.116. The maximum absolute atomic E-state index is 5.59. The van der Waals surface area contributed by atoms with Crippen LogP contribution in [0.25, 0.3) is 0 Å². The van der Waals surface area contributed by atoms with E-state index in [9.17, 15) is 0 Å². The van der Waals surface area contributed by atoms with Crippen molar-refractivity contribution < 1.29 is 4.42 Å². The number of nitrogens with zero attached hydrogens (tertiary/aromatic N) is 3. The van der Waals surface area contributed by atoms with Gasteiger partial charge in [-0.15, -0.1) is 0 Å². The molecule has 0 aliphatic heterocycles. The van der Waals surface area contributed by atoms with Gasteiger partial charge in [0.2, 0.25) is 0 Å². The van der Waals surface area contributed by atoms with Crippen LogP contribution < -0.4 is 5.32 Å². The van der Waals surface area contributed by atoms with Crippen LogP contribution in [0.5, 0.6) is 0 Å². The number of aryl methyl sites for hydroxylation is 1. The summed E-state index contributed by atoms with van der Waals surface area (Å²) in [5.74, 6) is 2.67. The van der Waals surface area contributed by atoms with Gasteiger partial charge in [-0.25, -0.2) is 9.97 Å². The van der Waals surface area contributed by atoms with Crippen molar-refractivity contribution >= 4 is 0 Å². The highest BCUT2D eigenvalue weighted by atomic mass is 16.3. The Hall–Kier alpha value is -2.34. The lowest BCUT2D eigenvalue weighted by Gasteiger charge is -2.22. The third kappa shape index (κ3) is 2.75. The lowest BCUT2D eigenvalue weighted by atomic mass is 10.1. The molecular formula is C15H19N5O. The van der Waals surface area contributed by atoms with Gasteiger partial charge < -0.3 is 14.0 Å². The molecule has 0 aliphatic rings. The fraction of sp³-hybridized carbons (Fsp3) is 0.333. The normalized spacial score (nSPS) is 14.2. The molecule has 3 rings (SSSR count). The van der Waals surface area contributed by atoms with E-state index in [1.807, 2.05) is 36.1 Å². The summed E-state index contributed by atoms with van der Waals surface area (Å²) in [6, 6.07) is 3.84. The first-order valence-electron chi connectivity index (χ1n) is 7.05. The molecule has 6 nitrogen and oxygen atoms in total. The van der Waals surface area contributed by atoms with E-state index >= 15 is 0 Å². The minimum absolute atomic E-state index is 0.104. The fourth-order valence-electron chi connectivity index (χ4n) is 2.45. The zero-order valence-corrected chi connectivity index (χ0v) is 12.2. The van der Waals surface area contributed by atoms with E-state index < -0.39 is 0 Å². The summed E-state index contributed by atoms with van der Waals surface area (Å²) in [7, 11) is 1.98. The van der Waals surface area contributed by atoms with Gasteiger partial charge in [0.15, 0.2) is 0 Å². The summed E-state index contributed by atoms with van der Waals surface area (Å²) < 4.78 is 7.59. The first-order chi connectivity index (χ1) is 10.3. The maximum Gasteiger partial charge on any atom is 0.133 e. The Morgan fingerprint density at radius 1 is 1.38 bits per heavy atom. The lowest BCUT2D eigenvalue weighted by molar-refractivity contribution is 0.380. The summed E-state index contributed by atoms with van der Waals surface area (Å²) >= 11 is 0. The lowest BCUT2D eigenvalue weighted by Crippen LogP contribution is -2.29. The van der Waals surface area contributed by atoms with Crippen molar-refractivity contribution in [2.24, 2.45) is 7.05 Å². The number of nitrogens with one attached hydrogen (secondary N) is 2. The molecule has 0 radical (unpaired) electrons. The van der Waals surface area contributed by atoms with Crippen LogP contribution in [0, 0.1) is 0 Å². The smallest absolute Gasteiger partial charge is 0.133 e. The molecule has 0 fully saturated rings. The van der Waals surface area contributed by atoms with Crippen molar-refractivity contribution in [1.82, 2.24) is 24.8 Å². The number of aromatic amines is 1. The Kier molecular flexibility index (Phi) is 3.87. The molecule has 0 bridgehead atoms. The second kappa shape index (κ2) is 5.97. The molecule has 3 heterocycles. The molecule has 0 spiro atoms. The van der Waals surface area contributed by atoms with Crippen LogP contribution >= 0.6 is 0 Å². The van der Waals surface area contributed by atoms with Crippen molar-refractivity contribution in [3.8, 4) is 0 Å². The van der Waals surface area contributed by atoms with Gasteiger partial charge in [-0.1, -0.05) is 6.92 Å². The van der Waals surface area contributed by atoms with Crippen LogP contribution in [0.1, 0.15) is 42.8 Å². The van der Waals surface area contributed by atoms with Crippen LogP contribution in [0.4, 0.5) is 0 Å². The Labute approximate surface area is 123 Å². The fourth-order valence-corrected chi connectivity index (χ4v) is 2.45. The molecule has 0 aliphatic carbocycles. The van der Waals surface area contributed by atoms with Gasteiger partial charge in [0.25, 0.3) is 0 Å². The number of imidazole rings is 2. The number of aromatic nitrogens is 4. The van der Waals surface area contributed by atoms with Gasteiger partial charge in [-0.05, 0) is 18.6 Å². The Morgan fingerprint density at radius 2 is 2.29 bits per heavy atom. The largest absolute Gasteiger partial charge is 0.467 e. The van der Waals surface area contributed by atoms with Gasteiger partial charge in [-0.2, -0.15) is 0 Å². The molecule has 0 saturated carbocycles. The van der Waals surface area contributed by atoms with Crippen molar-refractivity contribution in [3.05, 3.63) is 60.6 Å². The predicted octanol–water partition coefficient (Wildman–Crippen LogP) is 2.57. The number of furan rings is 1. The number of hydrogen-bond donors (Lipinski definition) is 2. The van der Waals surface area contributed by atoms with E-state index in [2.05, 4.69) is 27.2 Å². The van der Waals surface area contributed by atoms with Gasteiger partial charge in [0.05, 0.1) is 12.3 Å². The zero-order valence-electron chi connectivity index (χ0n) is 12.2. The molecule has 6 heteroatoms. The Morgan fingerprint density at radius 3 is 2.86 bits per heavy atom. The number of hydrogen-bond acceptors (Lipinski definition) is 4. The number of rotatable bonds is 6. The van der Waals surface area contributed by atoms with E-state index in [0.717, 1.165) is 23.8 Å². The SMILES string of the molecule is CCC(NC(c1ccco1)c1nccn1C)c1ncc[nH]1. The van der Waals surface area contributed by atoms with E-state index in [1.165, 1.54) is 0 Å². The van der Waals surface area contributed by atoms with Crippen LogP contribution in [0.2, 0.25) is 0 Å². The summed E-state index contributed by atoms with van der Waals surface area (Å²) in [5.41, 5.74) is 0. The summed E-state index contributed by atoms with van der Waals surface area (Å²) in [6.07, 6.45) is 9.92. The van der Waals surface area contributed by atoms with Gasteiger partial charge >= 0.3 is 0 Å². The highest BCUT2D eigenvalue weighted by molar-refractivity contribution is 5.17. The molecule has 21 heavy (non-hydrogen) atoms. The number of H-pyrrole nitrogens is 1. The summed E-state index contributed by atoms with van der Waals surface area (Å²) in [5, 5.41) is 3.58. The van der Waals surface area contributed by atoms with Gasteiger partial charge in [0, 0.05) is 31.8 Å². The average molecular weight is 285 g/mol. The monoisotopic (exact) mass is 285 g/mol. The standard InChI is InChI=1S/C15H19N5O/c1-3-11(14-16-6-7-17-14)19-13(12-5-4-10-21-12)15-18-8-9-20(15)2/h4-11,13,19H,3H2,1-2H3,(H,16,17). The first-order valence-corrected chi connectivity index (χ1v) is 7.05. The minimum Gasteiger partial charge on any atom is -0.467 e. The maximum atomic E-state index is 5.59. The van der Waals surface area contributed by atoms with E-state index in [4.69, 9.17) is 4.42 Å². The van der Waals surface area contributed by atoms with Crippen molar-refractivity contribution in [2.45, 2.75) is 25.4 Å². The molecule has 110 valence electrons. The van der Waals surface area contributed by atoms with Crippen molar-refractivity contribution in [2.75, 3.05) is 0 Å². The molecule has 0 saturated heterocycles. The highest BCUT2D eigenvalue weighted by Crippen LogP contribution is 2.25. The molecule has 0 aromatic carbocycles. The van der Waals surface area contributed by atoms with Gasteiger partial charge in [-0.3, -0.25) is 5.32 Å². The van der Waals surface area contributed by atoms with Crippen molar-refractivity contribution in [1.29, 1.82) is 0 Å². The second-order valence-electron chi connectivity index (χ2n) is 4.95. The third-order valence-corrected chi connectivity index (χ3v) is 3.57. The van der Waals surface area contributed by atoms with Crippen LogP contribution in [-0.4, -0.2) is 19.5 Å². The van der Waals surface area contributed by atoms with Crippen LogP contribution in [-0.2, 0) is 7.05 Å². The molecular weight excluding hydrogens is 266 g/mol. The Bertz CT molecular complexity index is 656. The molecule has 3 aromatic heterocycles. The molecule has 0 amide bonds. The first kappa shape index (κ1) is 13.6. The quantitative estimate of drug-likeness (QED) is 0.730. The van der Waals surface area contributed by atoms with Crippen LogP contribution in [0.3, 0.4) is 0 Å². The van der Waals surface area contributed by atoms with E-state index in [1.54, 1.807) is 18.7 Å². The average Bonchev–Trinajstić information content (AvgIpc) is 3.21. The van der Waals surface area contributed by atoms with Crippen LogP contribution in [0.15, 0.2) is 47.6 Å². The Balaban J connectivity index is 1.91. The highest BCUT2D eigenvalue weighted by Gasteiger charge is 2.25. The summed E-state index contributed by atoms with van der Waals surface area (Å²) in [6.45, 7) is 2.12. The molecule has 2 N–H and O–H groups in total. The predicted molar refractivity (Wildman–Crippen MR) is 78.5 cm³/mol. The van der Waals surface area contributed by atoms with E-state index in [-0.39, 0.29) is 12.1 Å². The third-order valence-electron chi connectivity index (χ3n) is 3.57. The molecule has 2 unspecified atom stereocenters. The summed E-state index contributed by atoms with van der Waals surface area (Å²) in [4.78, 5) is 12.0. The molecule has 3 aromatic rings. The second-order valence-corrected chi connectivity index (χ2v) is 4.95. The van der Waals surface area contributed by atoms with Crippen molar-refractivity contribution in [3.63, 3.8) is 0 Å². The molecule has 2 atom stereocenters. The van der Waals surface area contributed by atoms with E-state index in [0.29, 0.717) is 0 Å². The van der Waals surface area contributed by atoms with Gasteiger partial charge in [0.1, 0.15) is 23.5 Å². The zero-order chi connectivity index (χ0) is 14.7.